The largest absolute Gasteiger partial charge is 0.455 e. The number of carbonyl (C=O) groups is 5. The van der Waals surface area contributed by atoms with Crippen LogP contribution >= 0.6 is 23.2 Å². The maximum atomic E-state index is 12.4. The quantitative estimate of drug-likeness (QED) is 0.453. The van der Waals surface area contributed by atoms with Crippen molar-refractivity contribution in [1.29, 1.82) is 0 Å². The lowest BCUT2D eigenvalue weighted by Crippen LogP contribution is -2.43. The van der Waals surface area contributed by atoms with E-state index in [0.29, 0.717) is 16.3 Å². The molecule has 33 heavy (non-hydrogen) atoms. The van der Waals surface area contributed by atoms with E-state index in [2.05, 4.69) is 10.7 Å². The zero-order valence-electron chi connectivity index (χ0n) is 17.4. The Balaban J connectivity index is 1.48. The number of hydrogen-bond acceptors (Lipinski definition) is 6. The molecule has 2 N–H and O–H groups in total. The summed E-state index contributed by atoms with van der Waals surface area (Å²) >= 11 is 11.8. The van der Waals surface area contributed by atoms with Gasteiger partial charge in [0.05, 0.1) is 23.0 Å². The van der Waals surface area contributed by atoms with Gasteiger partial charge in [-0.05, 0) is 49.4 Å². The Labute approximate surface area is 198 Å². The molecule has 2 aromatic carbocycles. The van der Waals surface area contributed by atoms with Crippen LogP contribution in [0.25, 0.3) is 0 Å². The van der Waals surface area contributed by atoms with E-state index in [0.717, 1.165) is 5.01 Å². The van der Waals surface area contributed by atoms with Crippen molar-refractivity contribution in [3.8, 4) is 0 Å². The molecule has 9 nitrogen and oxygen atoms in total. The Morgan fingerprint density at radius 1 is 1.09 bits per heavy atom. The summed E-state index contributed by atoms with van der Waals surface area (Å²) in [5.74, 6) is -3.38. The number of halogens is 2. The molecule has 1 fully saturated rings. The summed E-state index contributed by atoms with van der Waals surface area (Å²) in [7, 11) is 0. The number of benzene rings is 2. The van der Waals surface area contributed by atoms with E-state index in [1.807, 2.05) is 0 Å². The zero-order valence-corrected chi connectivity index (χ0v) is 18.9. The van der Waals surface area contributed by atoms with Crippen molar-refractivity contribution in [3.05, 3.63) is 63.6 Å². The number of ether oxygens (including phenoxy) is 1. The number of esters is 1. The van der Waals surface area contributed by atoms with Gasteiger partial charge in [-0.25, -0.2) is 0 Å². The SMILES string of the molecule is CC(=O)c1ccc(NC(=O)COC(=O)[C@H]2CC(=O)N(NC(=O)c3ccc(Cl)cc3Cl)C2)cc1. The van der Waals surface area contributed by atoms with Crippen LogP contribution in [0.4, 0.5) is 5.69 Å². The van der Waals surface area contributed by atoms with E-state index in [1.165, 1.54) is 25.1 Å². The number of nitrogens with zero attached hydrogens (tertiary/aromatic N) is 1. The van der Waals surface area contributed by atoms with Gasteiger partial charge in [0.25, 0.3) is 11.8 Å². The highest BCUT2D eigenvalue weighted by Crippen LogP contribution is 2.22. The van der Waals surface area contributed by atoms with E-state index in [9.17, 15) is 24.0 Å². The van der Waals surface area contributed by atoms with Crippen molar-refractivity contribution in [1.82, 2.24) is 10.4 Å². The first-order valence-electron chi connectivity index (χ1n) is 9.78. The van der Waals surface area contributed by atoms with E-state index in [4.69, 9.17) is 27.9 Å². The third-order valence-corrected chi connectivity index (χ3v) is 5.34. The first kappa shape index (κ1) is 24.2. The van der Waals surface area contributed by atoms with Gasteiger partial charge < -0.3 is 10.1 Å². The Bertz CT molecular complexity index is 1120. The Kier molecular flexibility index (Phi) is 7.67. The highest BCUT2D eigenvalue weighted by atomic mass is 35.5. The summed E-state index contributed by atoms with van der Waals surface area (Å²) in [6.07, 6.45) is -0.179. The van der Waals surface area contributed by atoms with Crippen LogP contribution in [0.2, 0.25) is 10.0 Å². The summed E-state index contributed by atoms with van der Waals surface area (Å²) in [6, 6.07) is 10.5. The second kappa shape index (κ2) is 10.5. The molecular formula is C22H19Cl2N3O6. The third-order valence-electron chi connectivity index (χ3n) is 4.79. The normalized spacial score (nSPS) is 15.2. The maximum absolute atomic E-state index is 12.4. The number of amides is 3. The van der Waals surface area contributed by atoms with E-state index < -0.39 is 36.2 Å². The van der Waals surface area contributed by atoms with Crippen LogP contribution in [0.3, 0.4) is 0 Å². The van der Waals surface area contributed by atoms with Crippen LogP contribution < -0.4 is 10.7 Å². The van der Waals surface area contributed by atoms with Crippen molar-refractivity contribution in [3.63, 3.8) is 0 Å². The van der Waals surface area contributed by atoms with Gasteiger partial charge in [0.15, 0.2) is 12.4 Å². The Morgan fingerprint density at radius 2 is 1.79 bits per heavy atom. The molecule has 0 radical (unpaired) electrons. The number of carbonyl (C=O) groups excluding carboxylic acids is 5. The number of anilines is 1. The van der Waals surface area contributed by atoms with Gasteiger partial charge in [-0.2, -0.15) is 0 Å². The van der Waals surface area contributed by atoms with Crippen LogP contribution in [0.15, 0.2) is 42.5 Å². The van der Waals surface area contributed by atoms with Gasteiger partial charge in [-0.3, -0.25) is 34.4 Å². The molecule has 172 valence electrons. The molecule has 1 saturated heterocycles. The molecule has 0 unspecified atom stereocenters. The predicted molar refractivity (Wildman–Crippen MR) is 120 cm³/mol. The second-order valence-electron chi connectivity index (χ2n) is 7.26. The smallest absolute Gasteiger partial charge is 0.311 e. The molecule has 1 heterocycles. The minimum Gasteiger partial charge on any atom is -0.455 e. The molecule has 0 spiro atoms. The summed E-state index contributed by atoms with van der Waals surface area (Å²) in [5, 5.41) is 4.02. The second-order valence-corrected chi connectivity index (χ2v) is 8.10. The van der Waals surface area contributed by atoms with Crippen LogP contribution in [0.1, 0.15) is 34.1 Å². The van der Waals surface area contributed by atoms with Gasteiger partial charge in [0, 0.05) is 22.7 Å². The molecule has 0 saturated carbocycles. The van der Waals surface area contributed by atoms with Gasteiger partial charge in [0.1, 0.15) is 0 Å². The molecule has 0 bridgehead atoms. The zero-order chi connectivity index (χ0) is 24.1. The van der Waals surface area contributed by atoms with Crippen molar-refractivity contribution in [2.24, 2.45) is 5.92 Å². The van der Waals surface area contributed by atoms with Gasteiger partial charge in [0.2, 0.25) is 5.91 Å². The minimum absolute atomic E-state index is 0.102. The molecular weight excluding hydrogens is 473 g/mol. The average molecular weight is 492 g/mol. The molecule has 0 aliphatic carbocycles. The number of rotatable bonds is 7. The van der Waals surface area contributed by atoms with Gasteiger partial charge in [-0.15, -0.1) is 0 Å². The number of hydrogen-bond donors (Lipinski definition) is 2. The monoisotopic (exact) mass is 491 g/mol. The number of ketones is 1. The van der Waals surface area contributed by atoms with Crippen LogP contribution in [0.5, 0.6) is 0 Å². The Morgan fingerprint density at radius 3 is 2.42 bits per heavy atom. The van der Waals surface area contributed by atoms with E-state index in [1.54, 1.807) is 24.3 Å². The summed E-state index contributed by atoms with van der Waals surface area (Å²) in [4.78, 5) is 60.2. The molecule has 2 aromatic rings. The Hall–Kier alpha value is -3.43. The standard InChI is InChI=1S/C22H19Cl2N3O6/c1-12(28)13-2-5-16(6-3-13)25-19(29)11-33-22(32)14-8-20(30)27(10-14)26-21(31)17-7-4-15(23)9-18(17)24/h2-7,9,14H,8,10-11H2,1H3,(H,25,29)(H,26,31)/t14-/m0/s1. The molecule has 0 aromatic heterocycles. The molecule has 11 heteroatoms. The average Bonchev–Trinajstić information content (AvgIpc) is 3.12. The van der Waals surface area contributed by atoms with Gasteiger partial charge >= 0.3 is 5.97 Å². The predicted octanol–water partition coefficient (Wildman–Crippen LogP) is 2.87. The summed E-state index contributed by atoms with van der Waals surface area (Å²) in [6.45, 7) is 0.771. The van der Waals surface area contributed by atoms with E-state index in [-0.39, 0.29) is 29.3 Å². The molecule has 1 aliphatic rings. The third kappa shape index (κ3) is 6.30. The maximum Gasteiger partial charge on any atom is 0.311 e. The molecule has 1 aliphatic heterocycles. The molecule has 3 rings (SSSR count). The number of nitrogens with one attached hydrogen (secondary N) is 2. The lowest BCUT2D eigenvalue weighted by atomic mass is 10.1. The van der Waals surface area contributed by atoms with Crippen molar-refractivity contribution in [2.45, 2.75) is 13.3 Å². The van der Waals surface area contributed by atoms with Gasteiger partial charge in [-0.1, -0.05) is 23.2 Å². The number of hydrazine groups is 1. The topological polar surface area (TPSA) is 122 Å². The highest BCUT2D eigenvalue weighted by Gasteiger charge is 2.37. The van der Waals surface area contributed by atoms with Crippen LogP contribution in [-0.2, 0) is 19.1 Å². The van der Waals surface area contributed by atoms with Crippen molar-refractivity contribution >= 4 is 58.4 Å². The minimum atomic E-state index is -0.846. The van der Waals surface area contributed by atoms with Crippen LogP contribution in [-0.4, -0.2) is 47.6 Å². The summed E-state index contributed by atoms with van der Waals surface area (Å²) in [5.41, 5.74) is 3.46. The summed E-state index contributed by atoms with van der Waals surface area (Å²) < 4.78 is 5.01. The fraction of sp³-hybridized carbons (Fsp3) is 0.227. The lowest BCUT2D eigenvalue weighted by Gasteiger charge is -2.18. The lowest BCUT2D eigenvalue weighted by molar-refractivity contribution is -0.151. The number of Topliss-reactive ketones (excluding diaryl/α,β-unsaturated/α-hetero) is 1. The molecule has 3 amide bonds. The highest BCUT2D eigenvalue weighted by molar-refractivity contribution is 6.36. The van der Waals surface area contributed by atoms with Crippen molar-refractivity contribution in [2.75, 3.05) is 18.5 Å². The van der Waals surface area contributed by atoms with Crippen LogP contribution in [0, 0.1) is 5.92 Å². The van der Waals surface area contributed by atoms with E-state index >= 15 is 0 Å². The first-order chi connectivity index (χ1) is 15.6. The molecule has 1 atom stereocenters. The first-order valence-corrected chi connectivity index (χ1v) is 10.5. The fourth-order valence-corrected chi connectivity index (χ4v) is 3.56. The van der Waals surface area contributed by atoms with Crippen molar-refractivity contribution < 1.29 is 28.7 Å². The fourth-order valence-electron chi connectivity index (χ4n) is 3.07.